The molecule has 0 aliphatic carbocycles. The topological polar surface area (TPSA) is 71.3 Å². The number of ether oxygens (including phenoxy) is 2. The highest BCUT2D eigenvalue weighted by molar-refractivity contribution is 5.86. The van der Waals surface area contributed by atoms with Gasteiger partial charge in [0.1, 0.15) is 17.6 Å². The molecular weight excluding hydrogens is 256 g/mol. The minimum atomic E-state index is -0.589. The van der Waals surface area contributed by atoms with E-state index in [9.17, 15) is 4.79 Å². The Morgan fingerprint density at radius 3 is 2.60 bits per heavy atom. The summed E-state index contributed by atoms with van der Waals surface area (Å²) in [5, 5.41) is 11.0. The molecule has 0 aromatic heterocycles. The van der Waals surface area contributed by atoms with Crippen molar-refractivity contribution in [2.24, 2.45) is 0 Å². The molecule has 20 heavy (non-hydrogen) atoms. The van der Waals surface area contributed by atoms with E-state index in [1.54, 1.807) is 48.5 Å². The molecule has 0 unspecified atom stereocenters. The molecule has 0 radical (unpaired) electrons. The van der Waals surface area contributed by atoms with Gasteiger partial charge in [0.15, 0.2) is 6.61 Å². The molecule has 2 rings (SSSR count). The van der Waals surface area contributed by atoms with E-state index in [1.807, 2.05) is 12.1 Å². The molecule has 100 valence electrons. The van der Waals surface area contributed by atoms with Crippen molar-refractivity contribution >= 4 is 11.8 Å². The lowest BCUT2D eigenvalue weighted by Gasteiger charge is -2.08. The van der Waals surface area contributed by atoms with Crippen LogP contribution in [0.5, 0.6) is 11.5 Å². The van der Waals surface area contributed by atoms with Gasteiger partial charge in [-0.3, -0.25) is 5.32 Å². The molecule has 5 heteroatoms. The van der Waals surface area contributed by atoms with Gasteiger partial charge in [0.05, 0.1) is 0 Å². The Balaban J connectivity index is 1.96. The van der Waals surface area contributed by atoms with Crippen molar-refractivity contribution in [2.75, 3.05) is 11.9 Å². The van der Waals surface area contributed by atoms with Gasteiger partial charge < -0.3 is 9.47 Å². The van der Waals surface area contributed by atoms with Gasteiger partial charge >= 0.3 is 6.09 Å². The molecule has 0 saturated heterocycles. The van der Waals surface area contributed by atoms with Crippen molar-refractivity contribution in [3.05, 3.63) is 54.6 Å². The van der Waals surface area contributed by atoms with E-state index < -0.39 is 6.09 Å². The first kappa shape index (κ1) is 13.4. The molecule has 5 nitrogen and oxygen atoms in total. The van der Waals surface area contributed by atoms with Gasteiger partial charge in [-0.25, -0.2) is 4.79 Å². The van der Waals surface area contributed by atoms with Crippen LogP contribution >= 0.6 is 0 Å². The second-order valence-corrected chi connectivity index (χ2v) is 3.80. The zero-order valence-corrected chi connectivity index (χ0v) is 10.6. The summed E-state index contributed by atoms with van der Waals surface area (Å²) in [7, 11) is 0. The van der Waals surface area contributed by atoms with Crippen LogP contribution in [0.2, 0.25) is 0 Å². The van der Waals surface area contributed by atoms with Crippen LogP contribution in [-0.2, 0) is 0 Å². The third kappa shape index (κ3) is 4.03. The number of benzene rings is 2. The molecule has 0 spiro atoms. The molecule has 0 aliphatic rings. The quantitative estimate of drug-likeness (QED) is 0.924. The summed E-state index contributed by atoms with van der Waals surface area (Å²) in [6.45, 7) is -0.0437. The first-order valence-electron chi connectivity index (χ1n) is 5.91. The second kappa shape index (κ2) is 6.81. The maximum Gasteiger partial charge on any atom is 0.417 e. The lowest BCUT2D eigenvalue weighted by molar-refractivity contribution is 0.215. The van der Waals surface area contributed by atoms with Crippen molar-refractivity contribution in [1.29, 1.82) is 5.26 Å². The van der Waals surface area contributed by atoms with Gasteiger partial charge in [0.2, 0.25) is 0 Å². The van der Waals surface area contributed by atoms with Crippen LogP contribution in [0.4, 0.5) is 10.5 Å². The number of hydrogen-bond donors (Lipinski definition) is 1. The Morgan fingerprint density at radius 2 is 1.85 bits per heavy atom. The van der Waals surface area contributed by atoms with E-state index in [0.717, 1.165) is 0 Å². The predicted octanol–water partition coefficient (Wildman–Crippen LogP) is 3.20. The molecule has 0 atom stereocenters. The van der Waals surface area contributed by atoms with Crippen LogP contribution in [-0.4, -0.2) is 12.7 Å². The number of para-hydroxylation sites is 1. The Kier molecular flexibility index (Phi) is 4.57. The number of carbonyl (C=O) groups excluding carboxylic acids is 1. The van der Waals surface area contributed by atoms with E-state index in [2.05, 4.69) is 5.32 Å². The fourth-order valence-corrected chi connectivity index (χ4v) is 1.52. The van der Waals surface area contributed by atoms with Gasteiger partial charge in [0.25, 0.3) is 0 Å². The number of nitriles is 1. The maximum atomic E-state index is 11.7. The fourth-order valence-electron chi connectivity index (χ4n) is 1.52. The number of rotatable bonds is 4. The fraction of sp³-hybridized carbons (Fsp3) is 0.0667. The average Bonchev–Trinajstić information content (AvgIpc) is 2.46. The summed E-state index contributed by atoms with van der Waals surface area (Å²) in [5.74, 6) is 0.964. The van der Waals surface area contributed by atoms with E-state index in [0.29, 0.717) is 17.2 Å². The smallest absolute Gasteiger partial charge is 0.417 e. The summed E-state index contributed by atoms with van der Waals surface area (Å²) in [6.07, 6.45) is -0.589. The average molecular weight is 268 g/mol. The monoisotopic (exact) mass is 268 g/mol. The van der Waals surface area contributed by atoms with Crippen molar-refractivity contribution in [1.82, 2.24) is 0 Å². The lowest BCUT2D eigenvalue weighted by atomic mass is 10.3. The van der Waals surface area contributed by atoms with Crippen LogP contribution in [0.15, 0.2) is 54.6 Å². The number of amides is 1. The lowest BCUT2D eigenvalue weighted by Crippen LogP contribution is -2.16. The summed E-state index contributed by atoms with van der Waals surface area (Å²) < 4.78 is 10.2. The molecule has 1 amide bonds. The molecule has 0 fully saturated rings. The summed E-state index contributed by atoms with van der Waals surface area (Å²) in [6, 6.07) is 17.4. The molecule has 0 heterocycles. The SMILES string of the molecule is N#CCOc1cccc(NC(=O)Oc2ccccc2)c1. The highest BCUT2D eigenvalue weighted by Crippen LogP contribution is 2.18. The van der Waals surface area contributed by atoms with E-state index in [4.69, 9.17) is 14.7 Å². The Labute approximate surface area is 116 Å². The number of hydrogen-bond acceptors (Lipinski definition) is 4. The highest BCUT2D eigenvalue weighted by atomic mass is 16.6. The van der Waals surface area contributed by atoms with Crippen molar-refractivity contribution < 1.29 is 14.3 Å². The highest BCUT2D eigenvalue weighted by Gasteiger charge is 2.05. The van der Waals surface area contributed by atoms with Crippen LogP contribution in [0, 0.1) is 11.3 Å². The maximum absolute atomic E-state index is 11.7. The normalized spacial score (nSPS) is 9.35. The van der Waals surface area contributed by atoms with Gasteiger partial charge in [-0.05, 0) is 24.3 Å². The van der Waals surface area contributed by atoms with Crippen LogP contribution in [0.25, 0.3) is 0 Å². The van der Waals surface area contributed by atoms with Gasteiger partial charge in [-0.15, -0.1) is 0 Å². The van der Waals surface area contributed by atoms with Gasteiger partial charge in [0, 0.05) is 11.8 Å². The number of anilines is 1. The summed E-state index contributed by atoms with van der Waals surface area (Å²) in [5.41, 5.74) is 0.529. The second-order valence-electron chi connectivity index (χ2n) is 3.80. The van der Waals surface area contributed by atoms with Crippen molar-refractivity contribution in [2.45, 2.75) is 0 Å². The molecule has 1 N–H and O–H groups in total. The summed E-state index contributed by atoms with van der Waals surface area (Å²) in [4.78, 5) is 11.7. The predicted molar refractivity (Wildman–Crippen MR) is 73.6 cm³/mol. The third-order valence-electron chi connectivity index (χ3n) is 2.34. The van der Waals surface area contributed by atoms with Crippen LogP contribution in [0.3, 0.4) is 0 Å². The van der Waals surface area contributed by atoms with E-state index >= 15 is 0 Å². The standard InChI is InChI=1S/C15H12N2O3/c16-9-10-19-14-8-4-5-12(11-14)17-15(18)20-13-6-2-1-3-7-13/h1-8,11H,10H2,(H,17,18). The number of carbonyl (C=O) groups is 1. The minimum Gasteiger partial charge on any atom is -0.479 e. The Morgan fingerprint density at radius 1 is 1.10 bits per heavy atom. The van der Waals surface area contributed by atoms with Crippen LogP contribution < -0.4 is 14.8 Å². The van der Waals surface area contributed by atoms with Gasteiger partial charge in [-0.1, -0.05) is 24.3 Å². The molecule has 2 aromatic carbocycles. The first-order chi connectivity index (χ1) is 9.78. The Bertz CT molecular complexity index is 621. The molecule has 0 aliphatic heterocycles. The van der Waals surface area contributed by atoms with E-state index in [1.165, 1.54) is 0 Å². The van der Waals surface area contributed by atoms with Crippen LogP contribution in [0.1, 0.15) is 0 Å². The molecule has 2 aromatic rings. The van der Waals surface area contributed by atoms with Crippen molar-refractivity contribution in [3.8, 4) is 17.6 Å². The molecular formula is C15H12N2O3. The molecule has 0 bridgehead atoms. The van der Waals surface area contributed by atoms with Gasteiger partial charge in [-0.2, -0.15) is 5.26 Å². The largest absolute Gasteiger partial charge is 0.479 e. The summed E-state index contributed by atoms with van der Waals surface area (Å²) >= 11 is 0. The Hall–Kier alpha value is -3.00. The zero-order chi connectivity index (χ0) is 14.2. The zero-order valence-electron chi connectivity index (χ0n) is 10.6. The third-order valence-corrected chi connectivity index (χ3v) is 2.34. The number of nitrogens with one attached hydrogen (secondary N) is 1. The molecule has 0 saturated carbocycles. The van der Waals surface area contributed by atoms with Crippen molar-refractivity contribution in [3.63, 3.8) is 0 Å². The van der Waals surface area contributed by atoms with E-state index in [-0.39, 0.29) is 6.61 Å². The minimum absolute atomic E-state index is 0.0437. The first-order valence-corrected chi connectivity index (χ1v) is 5.91. The number of nitrogens with zero attached hydrogens (tertiary/aromatic N) is 1.